The molecule has 14 heavy (non-hydrogen) atoms. The second kappa shape index (κ2) is 3.05. The highest BCUT2D eigenvalue weighted by molar-refractivity contribution is 5.56. The Morgan fingerprint density at radius 3 is 2.71 bits per heavy atom. The summed E-state index contributed by atoms with van der Waals surface area (Å²) >= 11 is 0. The van der Waals surface area contributed by atoms with Gasteiger partial charge >= 0.3 is 0 Å². The second-order valence-electron chi connectivity index (χ2n) is 3.92. The molecule has 0 atom stereocenters. The van der Waals surface area contributed by atoms with Gasteiger partial charge in [-0.1, -0.05) is 0 Å². The number of nitrogens with zero attached hydrogens (tertiary/aromatic N) is 2. The third kappa shape index (κ3) is 1.18. The third-order valence-corrected chi connectivity index (χ3v) is 2.98. The van der Waals surface area contributed by atoms with Crippen molar-refractivity contribution >= 4 is 11.2 Å². The molecule has 0 saturated carbocycles. The summed E-state index contributed by atoms with van der Waals surface area (Å²) in [5, 5.41) is 0. The van der Waals surface area contributed by atoms with Crippen molar-refractivity contribution in [2.75, 3.05) is 18.0 Å². The molecule has 0 N–H and O–H groups in total. The Kier molecular flexibility index (Phi) is 1.72. The van der Waals surface area contributed by atoms with Crippen LogP contribution >= 0.6 is 0 Å². The lowest BCUT2D eigenvalue weighted by molar-refractivity contribution is 0.949. The fraction of sp³-hybridized carbons (Fsp3) is 0.333. The standard InChI is InChI=1S/C12H14N2/c1-2-8-13(7-1)12-6-5-11-4-3-9-14(11)10-12/h3-6,9-10H,1-2,7-8H2. The zero-order valence-electron chi connectivity index (χ0n) is 8.19. The van der Waals surface area contributed by atoms with Crippen molar-refractivity contribution in [3.8, 4) is 0 Å². The van der Waals surface area contributed by atoms with Gasteiger partial charge in [-0.15, -0.1) is 0 Å². The maximum Gasteiger partial charge on any atom is 0.0536 e. The van der Waals surface area contributed by atoms with Crippen LogP contribution in [0.5, 0.6) is 0 Å². The van der Waals surface area contributed by atoms with Gasteiger partial charge < -0.3 is 9.30 Å². The van der Waals surface area contributed by atoms with Gasteiger partial charge in [-0.25, -0.2) is 0 Å². The van der Waals surface area contributed by atoms with E-state index in [-0.39, 0.29) is 0 Å². The van der Waals surface area contributed by atoms with Gasteiger partial charge in [0.2, 0.25) is 0 Å². The predicted molar refractivity (Wildman–Crippen MR) is 58.8 cm³/mol. The summed E-state index contributed by atoms with van der Waals surface area (Å²) in [5.74, 6) is 0. The maximum atomic E-state index is 2.46. The van der Waals surface area contributed by atoms with Crippen LogP contribution in [0.25, 0.3) is 5.52 Å². The van der Waals surface area contributed by atoms with Crippen molar-refractivity contribution in [2.24, 2.45) is 0 Å². The molecule has 0 amide bonds. The van der Waals surface area contributed by atoms with Crippen molar-refractivity contribution in [2.45, 2.75) is 12.8 Å². The molecule has 1 saturated heterocycles. The second-order valence-corrected chi connectivity index (χ2v) is 3.92. The van der Waals surface area contributed by atoms with E-state index in [1.807, 2.05) is 0 Å². The number of anilines is 1. The molecule has 1 fully saturated rings. The highest BCUT2D eigenvalue weighted by Crippen LogP contribution is 2.20. The molecule has 2 heteroatoms. The number of hydrogen-bond donors (Lipinski definition) is 0. The molecule has 72 valence electrons. The molecule has 0 bridgehead atoms. The monoisotopic (exact) mass is 186 g/mol. The number of hydrogen-bond acceptors (Lipinski definition) is 1. The number of fused-ring (bicyclic) bond motifs is 1. The van der Waals surface area contributed by atoms with Gasteiger partial charge in [0, 0.05) is 31.0 Å². The molecule has 0 unspecified atom stereocenters. The molecule has 2 aromatic heterocycles. The summed E-state index contributed by atoms with van der Waals surface area (Å²) < 4.78 is 2.19. The summed E-state index contributed by atoms with van der Waals surface area (Å²) in [7, 11) is 0. The summed E-state index contributed by atoms with van der Waals surface area (Å²) in [5.41, 5.74) is 2.62. The predicted octanol–water partition coefficient (Wildman–Crippen LogP) is 2.54. The molecular formula is C12H14N2. The largest absolute Gasteiger partial charge is 0.370 e. The highest BCUT2D eigenvalue weighted by Gasteiger charge is 2.12. The Morgan fingerprint density at radius 2 is 1.86 bits per heavy atom. The molecule has 1 aliphatic heterocycles. The van der Waals surface area contributed by atoms with Crippen LogP contribution in [-0.4, -0.2) is 17.5 Å². The lowest BCUT2D eigenvalue weighted by Gasteiger charge is -2.17. The van der Waals surface area contributed by atoms with Gasteiger partial charge in [0.1, 0.15) is 0 Å². The molecule has 1 aliphatic rings. The minimum atomic E-state index is 1.22. The van der Waals surface area contributed by atoms with E-state index in [0.717, 1.165) is 0 Å². The van der Waals surface area contributed by atoms with Crippen LogP contribution in [0.4, 0.5) is 5.69 Å². The molecule has 3 heterocycles. The van der Waals surface area contributed by atoms with E-state index in [4.69, 9.17) is 0 Å². The molecule has 0 spiro atoms. The third-order valence-electron chi connectivity index (χ3n) is 2.98. The van der Waals surface area contributed by atoms with Gasteiger partial charge in [0.25, 0.3) is 0 Å². The van der Waals surface area contributed by atoms with E-state index in [1.54, 1.807) is 0 Å². The Hall–Kier alpha value is -1.44. The molecule has 0 aliphatic carbocycles. The first-order chi connectivity index (χ1) is 6.93. The van der Waals surface area contributed by atoms with Crippen LogP contribution in [0.15, 0.2) is 36.7 Å². The van der Waals surface area contributed by atoms with E-state index in [2.05, 4.69) is 46.0 Å². The molecular weight excluding hydrogens is 172 g/mol. The molecule has 2 nitrogen and oxygen atoms in total. The first-order valence-corrected chi connectivity index (χ1v) is 5.25. The summed E-state index contributed by atoms with van der Waals surface area (Å²) in [6, 6.07) is 8.63. The van der Waals surface area contributed by atoms with Crippen LogP contribution in [0.3, 0.4) is 0 Å². The van der Waals surface area contributed by atoms with Crippen LogP contribution in [0.1, 0.15) is 12.8 Å². The number of rotatable bonds is 1. The average Bonchev–Trinajstić information content (AvgIpc) is 2.88. The Balaban J connectivity index is 2.04. The first kappa shape index (κ1) is 7.92. The minimum absolute atomic E-state index is 1.22. The Labute approximate surface area is 83.8 Å². The lowest BCUT2D eigenvalue weighted by atomic mass is 10.3. The summed E-state index contributed by atoms with van der Waals surface area (Å²) in [6.07, 6.45) is 7.00. The Morgan fingerprint density at radius 1 is 1.00 bits per heavy atom. The van der Waals surface area contributed by atoms with Gasteiger partial charge in [0.05, 0.1) is 5.69 Å². The number of aromatic nitrogens is 1. The quantitative estimate of drug-likeness (QED) is 0.664. The van der Waals surface area contributed by atoms with E-state index in [9.17, 15) is 0 Å². The van der Waals surface area contributed by atoms with Gasteiger partial charge in [-0.05, 0) is 37.1 Å². The lowest BCUT2D eigenvalue weighted by Crippen LogP contribution is -2.17. The van der Waals surface area contributed by atoms with E-state index in [1.165, 1.54) is 37.1 Å². The van der Waals surface area contributed by atoms with Crippen LogP contribution in [-0.2, 0) is 0 Å². The first-order valence-electron chi connectivity index (χ1n) is 5.25. The van der Waals surface area contributed by atoms with Gasteiger partial charge in [-0.2, -0.15) is 0 Å². The summed E-state index contributed by atoms with van der Waals surface area (Å²) in [6.45, 7) is 2.43. The van der Waals surface area contributed by atoms with Crippen molar-refractivity contribution < 1.29 is 0 Å². The smallest absolute Gasteiger partial charge is 0.0536 e. The Bertz CT molecular complexity index is 438. The van der Waals surface area contributed by atoms with Crippen LogP contribution in [0, 0.1) is 0 Å². The maximum absolute atomic E-state index is 2.46. The van der Waals surface area contributed by atoms with Crippen LogP contribution < -0.4 is 4.90 Å². The van der Waals surface area contributed by atoms with Crippen molar-refractivity contribution in [1.29, 1.82) is 0 Å². The van der Waals surface area contributed by atoms with Crippen molar-refractivity contribution in [3.05, 3.63) is 36.7 Å². The van der Waals surface area contributed by atoms with Gasteiger partial charge in [-0.3, -0.25) is 0 Å². The average molecular weight is 186 g/mol. The molecule has 0 aromatic carbocycles. The van der Waals surface area contributed by atoms with Crippen molar-refractivity contribution in [3.63, 3.8) is 0 Å². The fourth-order valence-corrected chi connectivity index (χ4v) is 2.18. The highest BCUT2D eigenvalue weighted by atomic mass is 15.1. The van der Waals surface area contributed by atoms with Crippen molar-refractivity contribution in [1.82, 2.24) is 4.40 Å². The van der Waals surface area contributed by atoms with Crippen LogP contribution in [0.2, 0.25) is 0 Å². The zero-order valence-corrected chi connectivity index (χ0v) is 8.19. The van der Waals surface area contributed by atoms with Gasteiger partial charge in [0.15, 0.2) is 0 Å². The van der Waals surface area contributed by atoms with E-state index < -0.39 is 0 Å². The minimum Gasteiger partial charge on any atom is -0.370 e. The topological polar surface area (TPSA) is 7.65 Å². The molecule has 2 aromatic rings. The number of pyridine rings is 1. The fourth-order valence-electron chi connectivity index (χ4n) is 2.18. The van der Waals surface area contributed by atoms with E-state index in [0.29, 0.717) is 0 Å². The molecule has 3 rings (SSSR count). The van der Waals surface area contributed by atoms with E-state index >= 15 is 0 Å². The summed E-state index contributed by atoms with van der Waals surface area (Å²) in [4.78, 5) is 2.46. The normalized spacial score (nSPS) is 16.7. The SMILES string of the molecule is c1cc2ccc(N3CCCC3)cn2c1. The zero-order chi connectivity index (χ0) is 9.38. The molecule has 0 radical (unpaired) electrons.